The van der Waals surface area contributed by atoms with Crippen molar-refractivity contribution >= 4 is 0 Å². The Hall–Kier alpha value is -1.86. The lowest BCUT2D eigenvalue weighted by molar-refractivity contribution is 0.220. The van der Waals surface area contributed by atoms with Gasteiger partial charge in [0.2, 0.25) is 0 Å². The van der Waals surface area contributed by atoms with Crippen LogP contribution in [0.15, 0.2) is 72.3 Å². The zero-order valence-electron chi connectivity index (χ0n) is 12.2. The van der Waals surface area contributed by atoms with E-state index in [-0.39, 0.29) is 12.0 Å². The molecule has 2 rings (SSSR count). The molecule has 20 heavy (non-hydrogen) atoms. The molecule has 0 heterocycles. The van der Waals surface area contributed by atoms with Gasteiger partial charge >= 0.3 is 0 Å². The number of benzene rings is 2. The van der Waals surface area contributed by atoms with E-state index in [1.165, 1.54) is 5.57 Å². The Morgan fingerprint density at radius 2 is 1.35 bits per heavy atom. The standard InChI is InChI=1S/C19H22O/c1-16(2)13-14-19(15-20,17-9-5-3-6-10-17)18-11-7-4-8-12-18/h3-13,20H,14-15H2,1-2H3. The van der Waals surface area contributed by atoms with Crippen LogP contribution in [-0.4, -0.2) is 11.7 Å². The maximum atomic E-state index is 10.2. The highest BCUT2D eigenvalue weighted by Crippen LogP contribution is 2.36. The van der Waals surface area contributed by atoms with Crippen LogP contribution in [0.3, 0.4) is 0 Å². The summed E-state index contributed by atoms with van der Waals surface area (Å²) in [5.74, 6) is 0. The molecule has 0 amide bonds. The molecule has 1 N–H and O–H groups in total. The van der Waals surface area contributed by atoms with Crippen LogP contribution in [-0.2, 0) is 5.41 Å². The molecule has 0 saturated carbocycles. The van der Waals surface area contributed by atoms with Crippen LogP contribution in [0.2, 0.25) is 0 Å². The molecule has 0 atom stereocenters. The van der Waals surface area contributed by atoms with Gasteiger partial charge in [-0.1, -0.05) is 72.3 Å². The van der Waals surface area contributed by atoms with Crippen LogP contribution in [0.1, 0.15) is 31.4 Å². The van der Waals surface area contributed by atoms with E-state index in [1.54, 1.807) is 0 Å². The van der Waals surface area contributed by atoms with Crippen molar-refractivity contribution in [2.45, 2.75) is 25.7 Å². The van der Waals surface area contributed by atoms with Gasteiger partial charge in [-0.2, -0.15) is 0 Å². The van der Waals surface area contributed by atoms with Crippen LogP contribution in [0.25, 0.3) is 0 Å². The van der Waals surface area contributed by atoms with Gasteiger partial charge in [-0.15, -0.1) is 0 Å². The van der Waals surface area contributed by atoms with Gasteiger partial charge in [0.15, 0.2) is 0 Å². The molecule has 0 aliphatic carbocycles. The molecule has 104 valence electrons. The predicted molar refractivity (Wildman–Crippen MR) is 84.8 cm³/mol. The van der Waals surface area contributed by atoms with Gasteiger partial charge in [-0.05, 0) is 31.4 Å². The van der Waals surface area contributed by atoms with Gasteiger partial charge < -0.3 is 5.11 Å². The first-order valence-corrected chi connectivity index (χ1v) is 7.04. The van der Waals surface area contributed by atoms with E-state index in [0.717, 1.165) is 17.5 Å². The monoisotopic (exact) mass is 266 g/mol. The summed E-state index contributed by atoms with van der Waals surface area (Å²) in [6.07, 6.45) is 3.01. The summed E-state index contributed by atoms with van der Waals surface area (Å²) < 4.78 is 0. The first-order valence-electron chi connectivity index (χ1n) is 7.04. The predicted octanol–water partition coefficient (Wildman–Crippen LogP) is 4.32. The fourth-order valence-corrected chi connectivity index (χ4v) is 2.54. The Kier molecular flexibility index (Phi) is 4.75. The maximum Gasteiger partial charge on any atom is 0.0571 e. The molecule has 2 aromatic carbocycles. The Labute approximate surface area is 121 Å². The molecule has 0 spiro atoms. The number of allylic oxidation sites excluding steroid dienone is 2. The molecule has 1 nitrogen and oxygen atoms in total. The van der Waals surface area contributed by atoms with Crippen LogP contribution >= 0.6 is 0 Å². The number of aliphatic hydroxyl groups is 1. The van der Waals surface area contributed by atoms with Gasteiger partial charge in [0, 0.05) is 5.41 Å². The van der Waals surface area contributed by atoms with Gasteiger partial charge in [0.05, 0.1) is 6.61 Å². The molecule has 0 aromatic heterocycles. The lowest BCUT2D eigenvalue weighted by atomic mass is 9.72. The van der Waals surface area contributed by atoms with Crippen LogP contribution in [0.4, 0.5) is 0 Å². The van der Waals surface area contributed by atoms with Gasteiger partial charge in [-0.3, -0.25) is 0 Å². The highest BCUT2D eigenvalue weighted by Gasteiger charge is 2.32. The Bertz CT molecular complexity index is 511. The SMILES string of the molecule is CC(C)=CCC(CO)(c1ccccc1)c1ccccc1. The van der Waals surface area contributed by atoms with Crippen molar-refractivity contribution in [1.29, 1.82) is 0 Å². The van der Waals surface area contributed by atoms with Crippen molar-refractivity contribution in [3.05, 3.63) is 83.4 Å². The Morgan fingerprint density at radius 3 is 1.70 bits per heavy atom. The second kappa shape index (κ2) is 6.53. The molecule has 0 fully saturated rings. The van der Waals surface area contributed by atoms with E-state index in [2.05, 4.69) is 44.2 Å². The van der Waals surface area contributed by atoms with Crippen LogP contribution in [0.5, 0.6) is 0 Å². The molecule has 0 aliphatic rings. The average molecular weight is 266 g/mol. The highest BCUT2D eigenvalue weighted by atomic mass is 16.3. The highest BCUT2D eigenvalue weighted by molar-refractivity contribution is 5.40. The van der Waals surface area contributed by atoms with Crippen LogP contribution in [0, 0.1) is 0 Å². The van der Waals surface area contributed by atoms with E-state index >= 15 is 0 Å². The molecule has 2 aromatic rings. The van der Waals surface area contributed by atoms with E-state index < -0.39 is 0 Å². The van der Waals surface area contributed by atoms with Crippen molar-refractivity contribution in [1.82, 2.24) is 0 Å². The number of rotatable bonds is 5. The number of hydrogen-bond donors (Lipinski definition) is 1. The minimum Gasteiger partial charge on any atom is -0.395 e. The van der Waals surface area contributed by atoms with E-state index in [0.29, 0.717) is 0 Å². The van der Waals surface area contributed by atoms with Crippen molar-refractivity contribution in [2.75, 3.05) is 6.61 Å². The Balaban J connectivity index is 2.55. The van der Waals surface area contributed by atoms with Gasteiger partial charge in [0.1, 0.15) is 0 Å². The number of hydrogen-bond acceptors (Lipinski definition) is 1. The summed E-state index contributed by atoms with van der Waals surface area (Å²) in [4.78, 5) is 0. The van der Waals surface area contributed by atoms with E-state index in [1.807, 2.05) is 36.4 Å². The fourth-order valence-electron chi connectivity index (χ4n) is 2.54. The topological polar surface area (TPSA) is 20.2 Å². The zero-order chi connectivity index (χ0) is 14.4. The van der Waals surface area contributed by atoms with Crippen LogP contribution < -0.4 is 0 Å². The zero-order valence-corrected chi connectivity index (χ0v) is 12.2. The minimum absolute atomic E-state index is 0.102. The summed E-state index contributed by atoms with van der Waals surface area (Å²) >= 11 is 0. The third kappa shape index (κ3) is 3.00. The van der Waals surface area contributed by atoms with Gasteiger partial charge in [0.25, 0.3) is 0 Å². The number of aliphatic hydroxyl groups excluding tert-OH is 1. The molecular formula is C19H22O. The van der Waals surface area contributed by atoms with Crippen molar-refractivity contribution in [3.63, 3.8) is 0 Å². The molecule has 1 heteroatoms. The first-order chi connectivity index (χ1) is 9.69. The summed E-state index contributed by atoms with van der Waals surface area (Å²) in [7, 11) is 0. The van der Waals surface area contributed by atoms with Crippen molar-refractivity contribution in [2.24, 2.45) is 0 Å². The first kappa shape index (κ1) is 14.5. The molecular weight excluding hydrogens is 244 g/mol. The lowest BCUT2D eigenvalue weighted by Crippen LogP contribution is -2.31. The van der Waals surface area contributed by atoms with Crippen molar-refractivity contribution < 1.29 is 5.11 Å². The van der Waals surface area contributed by atoms with E-state index in [9.17, 15) is 5.11 Å². The average Bonchev–Trinajstić information content (AvgIpc) is 2.50. The second-order valence-electron chi connectivity index (χ2n) is 5.46. The van der Waals surface area contributed by atoms with E-state index in [4.69, 9.17) is 0 Å². The lowest BCUT2D eigenvalue weighted by Gasteiger charge is -2.32. The third-order valence-corrected chi connectivity index (χ3v) is 3.78. The summed E-state index contributed by atoms with van der Waals surface area (Å²) in [5.41, 5.74) is 3.23. The Morgan fingerprint density at radius 1 is 0.900 bits per heavy atom. The molecule has 0 saturated heterocycles. The fraction of sp³-hybridized carbons (Fsp3) is 0.263. The summed E-state index contributed by atoms with van der Waals surface area (Å²) in [5, 5.41) is 10.2. The molecule has 0 unspecified atom stereocenters. The second-order valence-corrected chi connectivity index (χ2v) is 5.46. The summed E-state index contributed by atoms with van der Waals surface area (Å²) in [6.45, 7) is 4.29. The smallest absolute Gasteiger partial charge is 0.0571 e. The largest absolute Gasteiger partial charge is 0.395 e. The quantitative estimate of drug-likeness (QED) is 0.799. The van der Waals surface area contributed by atoms with Crippen molar-refractivity contribution in [3.8, 4) is 0 Å². The molecule has 0 aliphatic heterocycles. The molecule has 0 bridgehead atoms. The maximum absolute atomic E-state index is 10.2. The molecule has 0 radical (unpaired) electrons. The summed E-state index contributed by atoms with van der Waals surface area (Å²) in [6, 6.07) is 20.6. The van der Waals surface area contributed by atoms with Gasteiger partial charge in [-0.25, -0.2) is 0 Å². The minimum atomic E-state index is -0.361. The third-order valence-electron chi connectivity index (χ3n) is 3.78. The normalized spacial score (nSPS) is 11.2.